The van der Waals surface area contributed by atoms with Crippen LogP contribution in [0.5, 0.6) is 0 Å². The molecule has 6 rings (SSSR count). The first-order chi connectivity index (χ1) is 21.5. The van der Waals surface area contributed by atoms with E-state index in [0.29, 0.717) is 37.2 Å². The summed E-state index contributed by atoms with van der Waals surface area (Å²) in [6.07, 6.45) is 6.42. The predicted octanol–water partition coefficient (Wildman–Crippen LogP) is 5.20. The number of hydrogen-bond donors (Lipinski definition) is 2. The number of rotatable bonds is 9. The van der Waals surface area contributed by atoms with Crippen molar-refractivity contribution in [1.82, 2.24) is 10.2 Å². The van der Waals surface area contributed by atoms with E-state index in [0.717, 1.165) is 81.6 Å². The fourth-order valence-corrected chi connectivity index (χ4v) is 6.86. The molecule has 0 radical (unpaired) electrons. The number of aryl methyl sites for hydroxylation is 2. The van der Waals surface area contributed by atoms with Crippen LogP contribution in [0.2, 0.25) is 0 Å². The molecule has 2 saturated heterocycles. The standard InChI is InChI=1S/C36H43N5O3/c1-26-9-2-5-14-32(26)39-21-23-40(24-22-39)33-17-16-28(35(43)37-18-8-20-41-19-7-15-34(41)42)25-31(33)38-36(44)30-13-6-11-27-10-3-4-12-29(27)30/h2,5-6,9,11,13-14,16-17,25H,3-4,7-8,10,12,15,18-24H2,1H3,(H,37,43)(H,38,44). The van der Waals surface area contributed by atoms with Crippen LogP contribution >= 0.6 is 0 Å². The number of amides is 3. The van der Waals surface area contributed by atoms with Crippen LogP contribution < -0.4 is 20.4 Å². The fourth-order valence-electron chi connectivity index (χ4n) is 6.86. The van der Waals surface area contributed by atoms with Gasteiger partial charge in [0, 0.05) is 69.0 Å². The van der Waals surface area contributed by atoms with Gasteiger partial charge in [-0.25, -0.2) is 0 Å². The summed E-state index contributed by atoms with van der Waals surface area (Å²) in [7, 11) is 0. The van der Waals surface area contributed by atoms with Crippen LogP contribution in [0, 0.1) is 6.92 Å². The van der Waals surface area contributed by atoms with Crippen molar-refractivity contribution in [3.63, 3.8) is 0 Å². The summed E-state index contributed by atoms with van der Waals surface area (Å²) in [6, 6.07) is 20.1. The normalized spacial score (nSPS) is 16.6. The molecule has 0 saturated carbocycles. The molecule has 8 nitrogen and oxygen atoms in total. The largest absolute Gasteiger partial charge is 0.368 e. The van der Waals surface area contributed by atoms with E-state index in [1.54, 1.807) is 0 Å². The predicted molar refractivity (Wildman–Crippen MR) is 176 cm³/mol. The monoisotopic (exact) mass is 593 g/mol. The zero-order chi connectivity index (χ0) is 30.5. The molecule has 0 unspecified atom stereocenters. The van der Waals surface area contributed by atoms with E-state index >= 15 is 0 Å². The van der Waals surface area contributed by atoms with Gasteiger partial charge in [0.1, 0.15) is 0 Å². The third-order valence-electron chi connectivity index (χ3n) is 9.29. The summed E-state index contributed by atoms with van der Waals surface area (Å²) in [5.74, 6) is -0.107. The number of benzene rings is 3. The highest BCUT2D eigenvalue weighted by molar-refractivity contribution is 6.08. The van der Waals surface area contributed by atoms with E-state index < -0.39 is 0 Å². The zero-order valence-electron chi connectivity index (χ0n) is 25.7. The van der Waals surface area contributed by atoms with Crippen LogP contribution in [0.4, 0.5) is 17.1 Å². The molecule has 2 N–H and O–H groups in total. The Morgan fingerprint density at radius 2 is 1.55 bits per heavy atom. The van der Waals surface area contributed by atoms with Crippen LogP contribution in [0.25, 0.3) is 0 Å². The molecule has 3 aliphatic rings. The summed E-state index contributed by atoms with van der Waals surface area (Å²) in [6.45, 7) is 7.45. The minimum atomic E-state index is -0.179. The Morgan fingerprint density at radius 1 is 0.773 bits per heavy atom. The molecule has 0 aromatic heterocycles. The summed E-state index contributed by atoms with van der Waals surface area (Å²) < 4.78 is 0. The van der Waals surface area contributed by atoms with Gasteiger partial charge in [0.2, 0.25) is 5.91 Å². The van der Waals surface area contributed by atoms with Gasteiger partial charge in [-0.05, 0) is 92.5 Å². The zero-order valence-corrected chi connectivity index (χ0v) is 25.7. The maximum Gasteiger partial charge on any atom is 0.256 e. The number of carbonyl (C=O) groups is 3. The lowest BCUT2D eigenvalue weighted by Crippen LogP contribution is -2.47. The van der Waals surface area contributed by atoms with Crippen molar-refractivity contribution in [3.05, 3.63) is 88.5 Å². The Labute approximate surface area is 260 Å². The Hall–Kier alpha value is -4.33. The van der Waals surface area contributed by atoms with Crippen molar-refractivity contribution in [2.45, 2.75) is 51.9 Å². The lowest BCUT2D eigenvalue weighted by atomic mass is 9.88. The average molecular weight is 594 g/mol. The van der Waals surface area contributed by atoms with E-state index in [4.69, 9.17) is 0 Å². The topological polar surface area (TPSA) is 85.0 Å². The van der Waals surface area contributed by atoms with E-state index in [1.165, 1.54) is 16.8 Å². The SMILES string of the molecule is Cc1ccccc1N1CCN(c2ccc(C(=O)NCCCN3CCCC3=O)cc2NC(=O)c2cccc3c2CCCC3)CC1. The Kier molecular flexibility index (Phi) is 9.15. The molecule has 44 heavy (non-hydrogen) atoms. The van der Waals surface area contributed by atoms with Crippen LogP contribution in [0.3, 0.4) is 0 Å². The summed E-state index contributed by atoms with van der Waals surface area (Å²) in [5, 5.41) is 6.22. The quantitative estimate of drug-likeness (QED) is 0.334. The molecular formula is C36H43N5O3. The number of nitrogens with zero attached hydrogens (tertiary/aromatic N) is 3. The van der Waals surface area contributed by atoms with Crippen molar-refractivity contribution < 1.29 is 14.4 Å². The summed E-state index contributed by atoms with van der Waals surface area (Å²) >= 11 is 0. The average Bonchev–Trinajstić information content (AvgIpc) is 3.47. The van der Waals surface area contributed by atoms with Crippen molar-refractivity contribution >= 4 is 34.8 Å². The molecule has 0 bridgehead atoms. The summed E-state index contributed by atoms with van der Waals surface area (Å²) in [5.41, 5.74) is 7.76. The lowest BCUT2D eigenvalue weighted by molar-refractivity contribution is -0.127. The van der Waals surface area contributed by atoms with Crippen LogP contribution in [-0.2, 0) is 17.6 Å². The first-order valence-corrected chi connectivity index (χ1v) is 16.2. The molecular weight excluding hydrogens is 550 g/mol. The molecule has 230 valence electrons. The van der Waals surface area contributed by atoms with Crippen LogP contribution in [-0.4, -0.2) is 68.4 Å². The van der Waals surface area contributed by atoms with Gasteiger partial charge in [-0.1, -0.05) is 30.3 Å². The number of hydrogen-bond acceptors (Lipinski definition) is 5. The van der Waals surface area contributed by atoms with E-state index in [9.17, 15) is 14.4 Å². The maximum atomic E-state index is 13.8. The van der Waals surface area contributed by atoms with Crippen molar-refractivity contribution in [2.75, 3.05) is 60.9 Å². The van der Waals surface area contributed by atoms with Gasteiger partial charge in [0.05, 0.1) is 11.4 Å². The molecule has 3 amide bonds. The number of piperazine rings is 1. The van der Waals surface area contributed by atoms with Gasteiger partial charge >= 0.3 is 0 Å². The maximum absolute atomic E-state index is 13.8. The number of carbonyl (C=O) groups excluding carboxylic acids is 3. The number of para-hydroxylation sites is 1. The number of nitrogens with one attached hydrogen (secondary N) is 2. The van der Waals surface area contributed by atoms with Gasteiger partial charge in [-0.2, -0.15) is 0 Å². The molecule has 1 aliphatic carbocycles. The minimum Gasteiger partial charge on any atom is -0.368 e. The van der Waals surface area contributed by atoms with E-state index in [1.807, 2.05) is 35.2 Å². The number of fused-ring (bicyclic) bond motifs is 1. The van der Waals surface area contributed by atoms with Gasteiger partial charge < -0.3 is 25.3 Å². The molecule has 0 spiro atoms. The molecule has 3 aromatic carbocycles. The first kappa shape index (κ1) is 29.7. The van der Waals surface area contributed by atoms with Crippen molar-refractivity contribution in [3.8, 4) is 0 Å². The van der Waals surface area contributed by atoms with Crippen molar-refractivity contribution in [1.29, 1.82) is 0 Å². The molecule has 2 aliphatic heterocycles. The number of likely N-dealkylation sites (tertiary alicyclic amines) is 1. The molecule has 3 aromatic rings. The molecule has 8 heteroatoms. The highest BCUT2D eigenvalue weighted by Crippen LogP contribution is 2.32. The van der Waals surface area contributed by atoms with Crippen LogP contribution in [0.15, 0.2) is 60.7 Å². The van der Waals surface area contributed by atoms with Crippen molar-refractivity contribution in [2.24, 2.45) is 0 Å². The molecule has 0 atom stereocenters. The Balaban J connectivity index is 1.19. The highest BCUT2D eigenvalue weighted by Gasteiger charge is 2.24. The van der Waals surface area contributed by atoms with E-state index in [2.05, 4.69) is 57.7 Å². The lowest BCUT2D eigenvalue weighted by Gasteiger charge is -2.38. The highest BCUT2D eigenvalue weighted by atomic mass is 16.2. The van der Waals surface area contributed by atoms with Gasteiger partial charge in [0.25, 0.3) is 11.8 Å². The second-order valence-electron chi connectivity index (χ2n) is 12.2. The Bertz CT molecular complexity index is 1530. The smallest absolute Gasteiger partial charge is 0.256 e. The second kappa shape index (κ2) is 13.5. The van der Waals surface area contributed by atoms with Gasteiger partial charge in [-0.3, -0.25) is 14.4 Å². The second-order valence-corrected chi connectivity index (χ2v) is 12.2. The minimum absolute atomic E-state index is 0.128. The number of anilines is 3. The molecule has 2 fully saturated rings. The van der Waals surface area contributed by atoms with Gasteiger partial charge in [-0.15, -0.1) is 0 Å². The fraction of sp³-hybridized carbons (Fsp3) is 0.417. The van der Waals surface area contributed by atoms with Gasteiger partial charge in [0.15, 0.2) is 0 Å². The Morgan fingerprint density at radius 3 is 2.32 bits per heavy atom. The third kappa shape index (κ3) is 6.59. The first-order valence-electron chi connectivity index (χ1n) is 16.2. The molecule has 2 heterocycles. The third-order valence-corrected chi connectivity index (χ3v) is 9.29. The van der Waals surface area contributed by atoms with E-state index in [-0.39, 0.29) is 17.7 Å². The summed E-state index contributed by atoms with van der Waals surface area (Å²) in [4.78, 5) is 45.5. The van der Waals surface area contributed by atoms with Crippen LogP contribution in [0.1, 0.15) is 69.5 Å².